The molecule has 2 aromatic rings. The van der Waals surface area contributed by atoms with Crippen LogP contribution in [0.25, 0.3) is 0 Å². The predicted molar refractivity (Wildman–Crippen MR) is 112 cm³/mol. The maximum absolute atomic E-state index is 13.2. The van der Waals surface area contributed by atoms with Gasteiger partial charge in [0.05, 0.1) is 19.6 Å². The van der Waals surface area contributed by atoms with Crippen LogP contribution in [0.3, 0.4) is 0 Å². The minimum Gasteiger partial charge on any atom is -0.493 e. The second-order valence-electron chi connectivity index (χ2n) is 6.77. The molecule has 2 aromatic carbocycles. The molecule has 0 atom stereocenters. The first-order valence-corrected chi connectivity index (χ1v) is 10.2. The van der Waals surface area contributed by atoms with E-state index in [4.69, 9.17) is 4.74 Å². The van der Waals surface area contributed by atoms with Gasteiger partial charge in [0, 0.05) is 36.3 Å². The number of hydrogen-bond acceptors (Lipinski definition) is 4. The maximum Gasteiger partial charge on any atom is 0.238 e. The summed E-state index contributed by atoms with van der Waals surface area (Å²) in [6.07, 6.45) is 0.312. The van der Waals surface area contributed by atoms with E-state index in [9.17, 15) is 14.0 Å². The molecule has 1 aliphatic heterocycles. The van der Waals surface area contributed by atoms with E-state index < -0.39 is 0 Å². The Morgan fingerprint density at radius 3 is 2.55 bits per heavy atom. The van der Waals surface area contributed by atoms with E-state index in [0.29, 0.717) is 44.9 Å². The van der Waals surface area contributed by atoms with Crippen LogP contribution in [-0.2, 0) is 9.59 Å². The van der Waals surface area contributed by atoms with E-state index in [-0.39, 0.29) is 24.2 Å². The molecular formula is C21H23BrFN3O3. The van der Waals surface area contributed by atoms with Crippen molar-refractivity contribution in [1.29, 1.82) is 0 Å². The first-order valence-electron chi connectivity index (χ1n) is 9.43. The van der Waals surface area contributed by atoms with Crippen LogP contribution >= 0.6 is 15.9 Å². The van der Waals surface area contributed by atoms with Gasteiger partial charge in [-0.1, -0.05) is 28.1 Å². The molecule has 1 heterocycles. The molecular weight excluding hydrogens is 441 g/mol. The summed E-state index contributed by atoms with van der Waals surface area (Å²) in [6, 6.07) is 13.3. The molecule has 0 saturated carbocycles. The Morgan fingerprint density at radius 1 is 1.07 bits per heavy atom. The van der Waals surface area contributed by atoms with Gasteiger partial charge in [-0.2, -0.15) is 0 Å². The second-order valence-corrected chi connectivity index (χ2v) is 7.69. The average molecular weight is 464 g/mol. The van der Waals surface area contributed by atoms with E-state index in [1.807, 2.05) is 29.2 Å². The van der Waals surface area contributed by atoms with E-state index in [2.05, 4.69) is 21.2 Å². The number of ether oxygens (including phenoxy) is 1. The van der Waals surface area contributed by atoms with Crippen LogP contribution in [0.15, 0.2) is 53.0 Å². The molecule has 8 heteroatoms. The summed E-state index contributed by atoms with van der Waals surface area (Å²) in [7, 11) is 0. The fraction of sp³-hybridized carbons (Fsp3) is 0.333. The Kier molecular flexibility index (Phi) is 7.60. The molecule has 0 spiro atoms. The van der Waals surface area contributed by atoms with Crippen LogP contribution in [0.4, 0.5) is 10.1 Å². The molecule has 1 aliphatic rings. The number of nitrogens with one attached hydrogen (secondary N) is 1. The molecule has 1 fully saturated rings. The third-order valence-corrected chi connectivity index (χ3v) is 5.07. The maximum atomic E-state index is 13.2. The van der Waals surface area contributed by atoms with Gasteiger partial charge in [0.2, 0.25) is 11.8 Å². The predicted octanol–water partition coefficient (Wildman–Crippen LogP) is 3.14. The first-order chi connectivity index (χ1) is 14.0. The van der Waals surface area contributed by atoms with E-state index >= 15 is 0 Å². The summed E-state index contributed by atoms with van der Waals surface area (Å²) >= 11 is 3.38. The van der Waals surface area contributed by atoms with Crippen molar-refractivity contribution in [1.82, 2.24) is 9.80 Å². The summed E-state index contributed by atoms with van der Waals surface area (Å²) < 4.78 is 19.7. The van der Waals surface area contributed by atoms with Crippen molar-refractivity contribution in [2.45, 2.75) is 6.42 Å². The number of anilines is 1. The number of carbonyl (C=O) groups excluding carboxylic acids is 2. The zero-order valence-electron chi connectivity index (χ0n) is 15.9. The highest BCUT2D eigenvalue weighted by atomic mass is 79.9. The number of amides is 2. The normalized spacial score (nSPS) is 14.5. The molecule has 154 valence electrons. The zero-order valence-corrected chi connectivity index (χ0v) is 17.5. The third-order valence-electron chi connectivity index (χ3n) is 4.58. The standard InChI is InChI=1S/C21H23BrFN3O3/c22-16-3-1-6-19(13-16)29-12-7-21(28)26-10-8-25(9-11-26)15-20(27)24-18-5-2-4-17(23)14-18/h1-6,13-14H,7-12,15H2,(H,24,27). The van der Waals surface area contributed by atoms with Crippen LogP contribution in [-0.4, -0.2) is 60.9 Å². The molecule has 6 nitrogen and oxygen atoms in total. The summed E-state index contributed by atoms with van der Waals surface area (Å²) in [6.45, 7) is 2.92. The minimum absolute atomic E-state index is 0.0452. The molecule has 0 aromatic heterocycles. The third kappa shape index (κ3) is 6.83. The topological polar surface area (TPSA) is 61.9 Å². The van der Waals surface area contributed by atoms with Gasteiger partial charge in [-0.25, -0.2) is 4.39 Å². The molecule has 1 saturated heterocycles. The summed E-state index contributed by atoms with van der Waals surface area (Å²) in [5, 5.41) is 2.69. The van der Waals surface area contributed by atoms with E-state index in [1.165, 1.54) is 12.1 Å². The van der Waals surface area contributed by atoms with Gasteiger partial charge >= 0.3 is 0 Å². The van der Waals surface area contributed by atoms with Crippen molar-refractivity contribution in [3.8, 4) is 5.75 Å². The number of piperazine rings is 1. The molecule has 3 rings (SSSR count). The van der Waals surface area contributed by atoms with Crippen LogP contribution in [0, 0.1) is 5.82 Å². The quantitative estimate of drug-likeness (QED) is 0.684. The van der Waals surface area contributed by atoms with Gasteiger partial charge in [0.1, 0.15) is 11.6 Å². The molecule has 29 heavy (non-hydrogen) atoms. The Morgan fingerprint density at radius 2 is 1.83 bits per heavy atom. The SMILES string of the molecule is O=C(CN1CCN(C(=O)CCOc2cccc(Br)c2)CC1)Nc1cccc(F)c1. The fourth-order valence-electron chi connectivity index (χ4n) is 3.10. The Labute approximate surface area is 177 Å². The zero-order chi connectivity index (χ0) is 20.6. The average Bonchev–Trinajstić information content (AvgIpc) is 2.68. The lowest BCUT2D eigenvalue weighted by Crippen LogP contribution is -2.50. The van der Waals surface area contributed by atoms with E-state index in [1.54, 1.807) is 17.0 Å². The van der Waals surface area contributed by atoms with Gasteiger partial charge in [-0.15, -0.1) is 0 Å². The van der Waals surface area contributed by atoms with Crippen molar-refractivity contribution >= 4 is 33.4 Å². The molecule has 1 N–H and O–H groups in total. The lowest BCUT2D eigenvalue weighted by Gasteiger charge is -2.34. The highest BCUT2D eigenvalue weighted by Crippen LogP contribution is 2.18. The molecule has 0 radical (unpaired) electrons. The van der Waals surface area contributed by atoms with E-state index in [0.717, 1.165) is 10.2 Å². The number of rotatable bonds is 7. The molecule has 0 bridgehead atoms. The lowest BCUT2D eigenvalue weighted by molar-refractivity contribution is -0.133. The second kappa shape index (κ2) is 10.4. The fourth-order valence-corrected chi connectivity index (χ4v) is 3.47. The van der Waals surface area contributed by atoms with Crippen LogP contribution in [0.1, 0.15) is 6.42 Å². The van der Waals surface area contributed by atoms with Gasteiger partial charge in [0.15, 0.2) is 0 Å². The van der Waals surface area contributed by atoms with Crippen LogP contribution < -0.4 is 10.1 Å². The highest BCUT2D eigenvalue weighted by Gasteiger charge is 2.22. The first kappa shape index (κ1) is 21.3. The number of nitrogens with zero attached hydrogens (tertiary/aromatic N) is 2. The molecule has 0 aliphatic carbocycles. The smallest absolute Gasteiger partial charge is 0.238 e. The number of hydrogen-bond donors (Lipinski definition) is 1. The molecule has 2 amide bonds. The number of carbonyl (C=O) groups is 2. The van der Waals surface area contributed by atoms with Gasteiger partial charge in [0.25, 0.3) is 0 Å². The highest BCUT2D eigenvalue weighted by molar-refractivity contribution is 9.10. The van der Waals surface area contributed by atoms with Gasteiger partial charge < -0.3 is 15.0 Å². The number of benzene rings is 2. The largest absolute Gasteiger partial charge is 0.493 e. The van der Waals surface area contributed by atoms with Crippen molar-refractivity contribution in [3.63, 3.8) is 0 Å². The van der Waals surface area contributed by atoms with Gasteiger partial charge in [-0.3, -0.25) is 14.5 Å². The Balaban J connectivity index is 1.36. The lowest BCUT2D eigenvalue weighted by atomic mass is 10.2. The number of halogens is 2. The summed E-state index contributed by atoms with van der Waals surface area (Å²) in [5.74, 6) is 0.182. The van der Waals surface area contributed by atoms with Crippen molar-refractivity contribution in [3.05, 3.63) is 58.8 Å². The monoisotopic (exact) mass is 463 g/mol. The van der Waals surface area contributed by atoms with Gasteiger partial charge in [-0.05, 0) is 36.4 Å². The van der Waals surface area contributed by atoms with Crippen LogP contribution in [0.5, 0.6) is 5.75 Å². The summed E-state index contributed by atoms with van der Waals surface area (Å²) in [5.41, 5.74) is 0.439. The van der Waals surface area contributed by atoms with Crippen LogP contribution in [0.2, 0.25) is 0 Å². The molecule has 0 unspecified atom stereocenters. The Bertz CT molecular complexity index is 857. The minimum atomic E-state index is -0.390. The van der Waals surface area contributed by atoms with Crippen molar-refractivity contribution in [2.24, 2.45) is 0 Å². The van der Waals surface area contributed by atoms with Crippen molar-refractivity contribution in [2.75, 3.05) is 44.6 Å². The van der Waals surface area contributed by atoms with Crippen molar-refractivity contribution < 1.29 is 18.7 Å². The Hall–Kier alpha value is -2.45. The summed E-state index contributed by atoms with van der Waals surface area (Å²) in [4.78, 5) is 28.3.